The Hall–Kier alpha value is -3.01. The van der Waals surface area contributed by atoms with Gasteiger partial charge in [0.1, 0.15) is 11.6 Å². The van der Waals surface area contributed by atoms with Gasteiger partial charge in [0.15, 0.2) is 11.5 Å². The first kappa shape index (κ1) is 13.4. The zero-order valence-corrected chi connectivity index (χ0v) is 10.8. The lowest BCUT2D eigenvalue weighted by Gasteiger charge is -2.10. The zero-order valence-electron chi connectivity index (χ0n) is 10.8. The number of rotatable bonds is 3. The molecule has 7 heteroatoms. The van der Waals surface area contributed by atoms with E-state index in [1.54, 1.807) is 24.3 Å². The van der Waals surface area contributed by atoms with Crippen molar-refractivity contribution in [3.8, 4) is 23.3 Å². The summed E-state index contributed by atoms with van der Waals surface area (Å²) < 4.78 is 11.4. The Balaban J connectivity index is 2.66. The van der Waals surface area contributed by atoms with Crippen LogP contribution in [0.3, 0.4) is 0 Å². The van der Waals surface area contributed by atoms with Gasteiger partial charge in [0.2, 0.25) is 0 Å². The first-order chi connectivity index (χ1) is 9.60. The van der Waals surface area contributed by atoms with Crippen molar-refractivity contribution < 1.29 is 9.47 Å². The third kappa shape index (κ3) is 2.27. The SMILES string of the molecule is COc1ccc(-n2cc(C#N)c(=O)[nH]c2=O)cc1OC. The van der Waals surface area contributed by atoms with Crippen LogP contribution in [0.25, 0.3) is 5.69 Å². The maximum atomic E-state index is 11.8. The molecule has 0 fully saturated rings. The van der Waals surface area contributed by atoms with E-state index in [1.807, 2.05) is 0 Å². The molecule has 1 aromatic heterocycles. The van der Waals surface area contributed by atoms with E-state index >= 15 is 0 Å². The van der Waals surface area contributed by atoms with Crippen molar-refractivity contribution in [3.05, 3.63) is 50.8 Å². The number of hydrogen-bond acceptors (Lipinski definition) is 5. The van der Waals surface area contributed by atoms with E-state index in [0.29, 0.717) is 17.2 Å². The number of aromatic amines is 1. The number of methoxy groups -OCH3 is 2. The van der Waals surface area contributed by atoms with Gasteiger partial charge < -0.3 is 9.47 Å². The lowest BCUT2D eigenvalue weighted by atomic mass is 10.2. The molecule has 0 atom stereocenters. The molecular weight excluding hydrogens is 262 g/mol. The van der Waals surface area contributed by atoms with E-state index in [4.69, 9.17) is 14.7 Å². The smallest absolute Gasteiger partial charge is 0.332 e. The number of H-pyrrole nitrogens is 1. The molecule has 0 aliphatic heterocycles. The van der Waals surface area contributed by atoms with Gasteiger partial charge in [-0.05, 0) is 12.1 Å². The Labute approximate surface area is 113 Å². The molecular formula is C13H11N3O4. The van der Waals surface area contributed by atoms with Crippen molar-refractivity contribution in [2.45, 2.75) is 0 Å². The fraction of sp³-hybridized carbons (Fsp3) is 0.154. The minimum atomic E-state index is -0.714. The fourth-order valence-corrected chi connectivity index (χ4v) is 1.72. The largest absolute Gasteiger partial charge is 0.493 e. The Morgan fingerprint density at radius 3 is 2.50 bits per heavy atom. The summed E-state index contributed by atoms with van der Waals surface area (Å²) in [7, 11) is 2.97. The van der Waals surface area contributed by atoms with E-state index in [1.165, 1.54) is 20.4 Å². The van der Waals surface area contributed by atoms with Crippen LogP contribution in [0.1, 0.15) is 5.56 Å². The third-order valence-electron chi connectivity index (χ3n) is 2.71. The first-order valence-electron chi connectivity index (χ1n) is 5.59. The molecule has 0 aliphatic rings. The molecule has 1 heterocycles. The van der Waals surface area contributed by atoms with E-state index < -0.39 is 11.2 Å². The van der Waals surface area contributed by atoms with Crippen molar-refractivity contribution >= 4 is 0 Å². The van der Waals surface area contributed by atoms with Gasteiger partial charge in [0.25, 0.3) is 5.56 Å². The molecule has 0 unspecified atom stereocenters. The van der Waals surface area contributed by atoms with Crippen molar-refractivity contribution in [3.63, 3.8) is 0 Å². The molecule has 0 spiro atoms. The summed E-state index contributed by atoms with van der Waals surface area (Å²) in [5, 5.41) is 8.83. The lowest BCUT2D eigenvalue weighted by Crippen LogP contribution is -2.30. The summed E-state index contributed by atoms with van der Waals surface area (Å²) in [6.07, 6.45) is 1.18. The van der Waals surface area contributed by atoms with Crippen LogP contribution in [0.2, 0.25) is 0 Å². The van der Waals surface area contributed by atoms with Crippen molar-refractivity contribution in [2.24, 2.45) is 0 Å². The summed E-state index contributed by atoms with van der Waals surface area (Å²) in [5.74, 6) is 0.941. The number of nitriles is 1. The van der Waals surface area contributed by atoms with Crippen molar-refractivity contribution in [1.82, 2.24) is 9.55 Å². The van der Waals surface area contributed by atoms with E-state index in [-0.39, 0.29) is 5.56 Å². The zero-order chi connectivity index (χ0) is 14.7. The highest BCUT2D eigenvalue weighted by Gasteiger charge is 2.09. The van der Waals surface area contributed by atoms with Gasteiger partial charge in [-0.15, -0.1) is 0 Å². The third-order valence-corrected chi connectivity index (χ3v) is 2.71. The normalized spacial score (nSPS) is 9.85. The Kier molecular flexibility index (Phi) is 3.57. The maximum Gasteiger partial charge on any atom is 0.332 e. The molecule has 0 bridgehead atoms. The van der Waals surface area contributed by atoms with Gasteiger partial charge >= 0.3 is 5.69 Å². The van der Waals surface area contributed by atoms with Gasteiger partial charge in [0, 0.05) is 12.3 Å². The highest BCUT2D eigenvalue weighted by molar-refractivity contribution is 5.49. The average molecular weight is 273 g/mol. The number of nitrogens with zero attached hydrogens (tertiary/aromatic N) is 2. The summed E-state index contributed by atoms with van der Waals surface area (Å²) in [5.41, 5.74) is -1.06. The highest BCUT2D eigenvalue weighted by atomic mass is 16.5. The molecule has 0 aliphatic carbocycles. The van der Waals surface area contributed by atoms with Gasteiger partial charge in [0.05, 0.1) is 19.9 Å². The number of ether oxygens (including phenoxy) is 2. The van der Waals surface area contributed by atoms with Crippen molar-refractivity contribution in [1.29, 1.82) is 5.26 Å². The second-order valence-corrected chi connectivity index (χ2v) is 3.82. The number of benzene rings is 1. The Morgan fingerprint density at radius 1 is 1.20 bits per heavy atom. The molecule has 0 amide bonds. The standard InChI is InChI=1S/C13H11N3O4/c1-19-10-4-3-9(5-11(10)20-2)16-7-8(6-14)12(17)15-13(16)18/h3-5,7H,1-2H3,(H,15,17,18). The summed E-state index contributed by atoms with van der Waals surface area (Å²) >= 11 is 0. The minimum absolute atomic E-state index is 0.153. The monoisotopic (exact) mass is 273 g/mol. The highest BCUT2D eigenvalue weighted by Crippen LogP contribution is 2.28. The second-order valence-electron chi connectivity index (χ2n) is 3.82. The van der Waals surface area contributed by atoms with Gasteiger partial charge in [-0.2, -0.15) is 5.26 Å². The topological polar surface area (TPSA) is 97.1 Å². The number of aromatic nitrogens is 2. The van der Waals surface area contributed by atoms with Crippen LogP contribution in [-0.4, -0.2) is 23.8 Å². The second kappa shape index (κ2) is 5.32. The van der Waals surface area contributed by atoms with E-state index in [2.05, 4.69) is 4.98 Å². The van der Waals surface area contributed by atoms with E-state index in [0.717, 1.165) is 4.57 Å². The molecule has 2 aromatic rings. The molecule has 1 N–H and O–H groups in total. The quantitative estimate of drug-likeness (QED) is 0.873. The minimum Gasteiger partial charge on any atom is -0.493 e. The number of hydrogen-bond donors (Lipinski definition) is 1. The van der Waals surface area contributed by atoms with Crippen LogP contribution in [0.15, 0.2) is 34.0 Å². The maximum absolute atomic E-state index is 11.8. The first-order valence-corrected chi connectivity index (χ1v) is 5.59. The average Bonchev–Trinajstić information content (AvgIpc) is 2.46. The predicted octanol–water partition coefficient (Wildman–Crippen LogP) is 0.415. The fourth-order valence-electron chi connectivity index (χ4n) is 1.72. The van der Waals surface area contributed by atoms with Crippen molar-refractivity contribution in [2.75, 3.05) is 14.2 Å². The number of nitrogens with one attached hydrogen (secondary N) is 1. The molecule has 20 heavy (non-hydrogen) atoms. The van der Waals surface area contributed by atoms with Crippen LogP contribution in [0.5, 0.6) is 11.5 Å². The van der Waals surface area contributed by atoms with Crippen LogP contribution < -0.4 is 20.7 Å². The molecule has 0 saturated carbocycles. The molecule has 0 saturated heterocycles. The summed E-state index contributed by atoms with van der Waals surface area (Å²) in [6.45, 7) is 0. The summed E-state index contributed by atoms with van der Waals surface area (Å²) in [4.78, 5) is 25.2. The van der Waals surface area contributed by atoms with Gasteiger partial charge in [-0.1, -0.05) is 0 Å². The predicted molar refractivity (Wildman–Crippen MR) is 70.5 cm³/mol. The Bertz CT molecular complexity index is 798. The van der Waals surface area contributed by atoms with Gasteiger partial charge in [-0.25, -0.2) is 4.79 Å². The molecule has 7 nitrogen and oxygen atoms in total. The molecule has 2 rings (SSSR count). The lowest BCUT2D eigenvalue weighted by molar-refractivity contribution is 0.355. The summed E-state index contributed by atoms with van der Waals surface area (Å²) in [6, 6.07) is 6.53. The van der Waals surface area contributed by atoms with Crippen LogP contribution in [0, 0.1) is 11.3 Å². The molecule has 0 radical (unpaired) electrons. The van der Waals surface area contributed by atoms with Crippen LogP contribution >= 0.6 is 0 Å². The van der Waals surface area contributed by atoms with Crippen LogP contribution in [0.4, 0.5) is 0 Å². The molecule has 1 aromatic carbocycles. The van der Waals surface area contributed by atoms with E-state index in [9.17, 15) is 9.59 Å². The molecule has 102 valence electrons. The van der Waals surface area contributed by atoms with Crippen LogP contribution in [-0.2, 0) is 0 Å². The Morgan fingerprint density at radius 2 is 1.90 bits per heavy atom. The van der Waals surface area contributed by atoms with Gasteiger partial charge in [-0.3, -0.25) is 14.3 Å².